The van der Waals surface area contributed by atoms with E-state index in [2.05, 4.69) is 45.9 Å². The van der Waals surface area contributed by atoms with E-state index in [0.717, 1.165) is 12.8 Å². The van der Waals surface area contributed by atoms with Crippen LogP contribution in [0.1, 0.15) is 62.6 Å². The van der Waals surface area contributed by atoms with Crippen LogP contribution in [0.15, 0.2) is 18.2 Å². The number of aryl methyl sites for hydroxylation is 1. The molecule has 1 unspecified atom stereocenters. The molecule has 1 aliphatic rings. The predicted octanol–water partition coefficient (Wildman–Crippen LogP) is 4.45. The van der Waals surface area contributed by atoms with Gasteiger partial charge in [-0.05, 0) is 61.6 Å². The lowest BCUT2D eigenvalue weighted by atomic mass is 9.79. The highest BCUT2D eigenvalue weighted by Gasteiger charge is 2.34. The third-order valence-corrected chi connectivity index (χ3v) is 4.87. The third-order valence-electron chi connectivity index (χ3n) is 4.87. The van der Waals surface area contributed by atoms with Crippen LogP contribution in [0.5, 0.6) is 0 Å². The van der Waals surface area contributed by atoms with Crippen LogP contribution in [0, 0.1) is 19.3 Å². The molecule has 0 saturated heterocycles. The van der Waals surface area contributed by atoms with Gasteiger partial charge >= 0.3 is 0 Å². The second-order valence-electron chi connectivity index (χ2n) is 6.92. The summed E-state index contributed by atoms with van der Waals surface area (Å²) in [6.45, 7) is 9.15. The second kappa shape index (κ2) is 4.70. The zero-order chi connectivity index (χ0) is 13.4. The van der Waals surface area contributed by atoms with E-state index in [4.69, 9.17) is 5.73 Å². The van der Waals surface area contributed by atoms with Crippen LogP contribution < -0.4 is 5.73 Å². The van der Waals surface area contributed by atoms with E-state index in [-0.39, 0.29) is 5.54 Å². The number of hydrogen-bond donors (Lipinski definition) is 1. The Labute approximate surface area is 112 Å². The lowest BCUT2D eigenvalue weighted by molar-refractivity contribution is 0.299. The molecule has 1 nitrogen and oxygen atoms in total. The molecule has 1 aromatic carbocycles. The van der Waals surface area contributed by atoms with Crippen molar-refractivity contribution in [2.45, 2.75) is 65.3 Å². The van der Waals surface area contributed by atoms with Crippen LogP contribution in [-0.4, -0.2) is 0 Å². The van der Waals surface area contributed by atoms with Crippen molar-refractivity contribution >= 4 is 0 Å². The van der Waals surface area contributed by atoms with Gasteiger partial charge in [0, 0.05) is 5.54 Å². The van der Waals surface area contributed by atoms with Crippen LogP contribution in [-0.2, 0) is 5.54 Å². The van der Waals surface area contributed by atoms with Crippen LogP contribution in [0.3, 0.4) is 0 Å². The van der Waals surface area contributed by atoms with Gasteiger partial charge in [0.05, 0.1) is 0 Å². The first-order valence-corrected chi connectivity index (χ1v) is 7.20. The standard InChI is InChI=1S/C17H27N/c1-13-7-5-8-15(14(13)2)17(18)10-6-9-16(3,4)11-12-17/h5,7-8H,6,9-12,18H2,1-4H3. The Morgan fingerprint density at radius 1 is 1.00 bits per heavy atom. The molecule has 1 aromatic rings. The van der Waals surface area contributed by atoms with Gasteiger partial charge in [-0.2, -0.15) is 0 Å². The van der Waals surface area contributed by atoms with Crippen LogP contribution in [0.2, 0.25) is 0 Å². The summed E-state index contributed by atoms with van der Waals surface area (Å²) in [5.41, 5.74) is 11.2. The molecule has 1 fully saturated rings. The molecule has 1 aliphatic carbocycles. The molecular weight excluding hydrogens is 218 g/mol. The van der Waals surface area contributed by atoms with Crippen LogP contribution in [0.25, 0.3) is 0 Å². The Morgan fingerprint density at radius 2 is 1.72 bits per heavy atom. The van der Waals surface area contributed by atoms with Gasteiger partial charge in [0.1, 0.15) is 0 Å². The highest BCUT2D eigenvalue weighted by Crippen LogP contribution is 2.42. The van der Waals surface area contributed by atoms with Crippen molar-refractivity contribution in [2.24, 2.45) is 11.1 Å². The summed E-state index contributed by atoms with van der Waals surface area (Å²) in [6, 6.07) is 6.58. The summed E-state index contributed by atoms with van der Waals surface area (Å²) >= 11 is 0. The fourth-order valence-corrected chi connectivity index (χ4v) is 3.25. The summed E-state index contributed by atoms with van der Waals surface area (Å²) in [5.74, 6) is 0. The Bertz CT molecular complexity index is 433. The van der Waals surface area contributed by atoms with E-state index in [1.54, 1.807) is 0 Å². The molecular formula is C17H27N. The molecule has 0 aromatic heterocycles. The number of rotatable bonds is 1. The minimum atomic E-state index is -0.107. The molecule has 1 saturated carbocycles. The lowest BCUT2D eigenvalue weighted by Crippen LogP contribution is -2.37. The Hall–Kier alpha value is -0.820. The zero-order valence-electron chi connectivity index (χ0n) is 12.3. The van der Waals surface area contributed by atoms with Crippen molar-refractivity contribution in [3.8, 4) is 0 Å². The van der Waals surface area contributed by atoms with E-state index >= 15 is 0 Å². The zero-order valence-corrected chi connectivity index (χ0v) is 12.3. The average molecular weight is 245 g/mol. The van der Waals surface area contributed by atoms with E-state index in [1.165, 1.54) is 36.0 Å². The maximum absolute atomic E-state index is 6.77. The van der Waals surface area contributed by atoms with Crippen molar-refractivity contribution in [3.63, 3.8) is 0 Å². The molecule has 0 aliphatic heterocycles. The average Bonchev–Trinajstić information content (AvgIpc) is 2.43. The SMILES string of the molecule is Cc1cccc(C2(N)CCCC(C)(C)CC2)c1C. The van der Waals surface area contributed by atoms with Gasteiger partial charge in [-0.15, -0.1) is 0 Å². The van der Waals surface area contributed by atoms with Gasteiger partial charge in [0.25, 0.3) is 0 Å². The monoisotopic (exact) mass is 245 g/mol. The van der Waals surface area contributed by atoms with Crippen molar-refractivity contribution in [3.05, 3.63) is 34.9 Å². The van der Waals surface area contributed by atoms with E-state index in [1.807, 2.05) is 0 Å². The first-order chi connectivity index (χ1) is 8.34. The van der Waals surface area contributed by atoms with Gasteiger partial charge in [-0.3, -0.25) is 0 Å². The van der Waals surface area contributed by atoms with Gasteiger partial charge in [0.2, 0.25) is 0 Å². The largest absolute Gasteiger partial charge is 0.321 e. The highest BCUT2D eigenvalue weighted by atomic mass is 14.7. The molecule has 0 spiro atoms. The normalized spacial score (nSPS) is 27.8. The Morgan fingerprint density at radius 3 is 2.44 bits per heavy atom. The first kappa shape index (κ1) is 13.6. The summed E-state index contributed by atoms with van der Waals surface area (Å²) in [7, 11) is 0. The molecule has 1 atom stereocenters. The number of hydrogen-bond acceptors (Lipinski definition) is 1. The Kier molecular flexibility index (Phi) is 3.55. The molecule has 0 heterocycles. The maximum Gasteiger partial charge on any atom is 0.0412 e. The quantitative estimate of drug-likeness (QED) is 0.727. The molecule has 0 radical (unpaired) electrons. The van der Waals surface area contributed by atoms with E-state index in [9.17, 15) is 0 Å². The van der Waals surface area contributed by atoms with Crippen molar-refractivity contribution in [2.75, 3.05) is 0 Å². The van der Waals surface area contributed by atoms with Crippen LogP contribution in [0.4, 0.5) is 0 Å². The van der Waals surface area contributed by atoms with E-state index in [0.29, 0.717) is 5.41 Å². The molecule has 100 valence electrons. The molecule has 1 heteroatoms. The summed E-state index contributed by atoms with van der Waals surface area (Å²) in [6.07, 6.45) is 6.02. The summed E-state index contributed by atoms with van der Waals surface area (Å²) in [4.78, 5) is 0. The Balaban J connectivity index is 2.33. The molecule has 0 amide bonds. The van der Waals surface area contributed by atoms with E-state index < -0.39 is 0 Å². The van der Waals surface area contributed by atoms with Crippen molar-refractivity contribution in [1.82, 2.24) is 0 Å². The molecule has 18 heavy (non-hydrogen) atoms. The van der Waals surface area contributed by atoms with Gasteiger partial charge in [0.15, 0.2) is 0 Å². The van der Waals surface area contributed by atoms with Gasteiger partial charge in [-0.25, -0.2) is 0 Å². The number of benzene rings is 1. The fraction of sp³-hybridized carbons (Fsp3) is 0.647. The minimum Gasteiger partial charge on any atom is -0.321 e. The summed E-state index contributed by atoms with van der Waals surface area (Å²) in [5, 5.41) is 0. The van der Waals surface area contributed by atoms with Gasteiger partial charge in [-0.1, -0.05) is 38.5 Å². The third kappa shape index (κ3) is 2.61. The highest BCUT2D eigenvalue weighted by molar-refractivity contribution is 5.38. The minimum absolute atomic E-state index is 0.107. The molecule has 2 N–H and O–H groups in total. The van der Waals surface area contributed by atoms with Crippen molar-refractivity contribution in [1.29, 1.82) is 0 Å². The van der Waals surface area contributed by atoms with Gasteiger partial charge < -0.3 is 5.73 Å². The van der Waals surface area contributed by atoms with Crippen LogP contribution >= 0.6 is 0 Å². The smallest absolute Gasteiger partial charge is 0.0412 e. The number of nitrogens with two attached hydrogens (primary N) is 1. The topological polar surface area (TPSA) is 26.0 Å². The summed E-state index contributed by atoms with van der Waals surface area (Å²) < 4.78 is 0. The second-order valence-corrected chi connectivity index (χ2v) is 6.92. The maximum atomic E-state index is 6.77. The first-order valence-electron chi connectivity index (χ1n) is 7.20. The predicted molar refractivity (Wildman–Crippen MR) is 78.6 cm³/mol. The molecule has 2 rings (SSSR count). The van der Waals surface area contributed by atoms with Crippen molar-refractivity contribution < 1.29 is 0 Å². The fourth-order valence-electron chi connectivity index (χ4n) is 3.25. The lowest BCUT2D eigenvalue weighted by Gasteiger charge is -2.31. The molecule has 0 bridgehead atoms.